The molecule has 2 aromatic rings. The second-order valence-corrected chi connectivity index (χ2v) is 4.99. The number of nitrogen functional groups attached to an aromatic ring is 1. The molecule has 4 rings (SSSR count). The first kappa shape index (κ1) is 8.95. The summed E-state index contributed by atoms with van der Waals surface area (Å²) >= 11 is 1.63. The van der Waals surface area contributed by atoms with E-state index >= 15 is 0 Å². The minimum Gasteiger partial charge on any atom is -0.385 e. The molecule has 0 unspecified atom stereocenters. The smallest absolute Gasteiger partial charge is 0.116 e. The van der Waals surface area contributed by atoms with Crippen molar-refractivity contribution in [3.8, 4) is 11.1 Å². The highest BCUT2D eigenvalue weighted by Gasteiger charge is 2.16. The Bertz CT molecular complexity index is 814. The van der Waals surface area contributed by atoms with Gasteiger partial charge >= 0.3 is 0 Å². The van der Waals surface area contributed by atoms with E-state index in [9.17, 15) is 0 Å². The number of hydrogen-bond acceptors (Lipinski definition) is 4. The van der Waals surface area contributed by atoms with Gasteiger partial charge in [-0.15, -0.1) is 11.3 Å². The first-order chi connectivity index (χ1) is 8.34. The molecule has 2 aliphatic rings. The normalized spacial score (nSPS) is 11.8. The zero-order valence-electron chi connectivity index (χ0n) is 8.77. The fourth-order valence-electron chi connectivity index (χ4n) is 2.25. The third-order valence-electron chi connectivity index (χ3n) is 2.98. The Morgan fingerprint density at radius 3 is 3.06 bits per heavy atom. The second-order valence-electron chi connectivity index (χ2n) is 3.93. The number of pyridine rings is 1. The van der Waals surface area contributed by atoms with Crippen molar-refractivity contribution in [2.75, 3.05) is 5.73 Å². The summed E-state index contributed by atoms with van der Waals surface area (Å²) in [6.45, 7) is 0. The van der Waals surface area contributed by atoms with Crippen LogP contribution >= 0.6 is 11.3 Å². The van der Waals surface area contributed by atoms with Gasteiger partial charge in [0, 0.05) is 17.1 Å². The van der Waals surface area contributed by atoms with Crippen molar-refractivity contribution in [2.24, 2.45) is 0 Å². The molecule has 0 spiro atoms. The number of anilines is 1. The highest BCUT2D eigenvalue weighted by atomic mass is 32.1. The van der Waals surface area contributed by atoms with Gasteiger partial charge in [0.2, 0.25) is 0 Å². The van der Waals surface area contributed by atoms with Crippen molar-refractivity contribution >= 4 is 37.6 Å². The molecule has 0 saturated heterocycles. The van der Waals surface area contributed by atoms with E-state index in [0.29, 0.717) is 5.82 Å². The molecule has 4 nitrogen and oxygen atoms in total. The number of H-pyrrole nitrogens is 1. The highest BCUT2D eigenvalue weighted by Crippen LogP contribution is 2.41. The van der Waals surface area contributed by atoms with Crippen molar-refractivity contribution in [2.45, 2.75) is 0 Å². The van der Waals surface area contributed by atoms with Crippen LogP contribution in [0.4, 0.5) is 5.82 Å². The molecule has 0 atom stereocenters. The number of hydrogen-bond donors (Lipinski definition) is 2. The Labute approximate surface area is 100 Å². The van der Waals surface area contributed by atoms with Crippen molar-refractivity contribution in [3.05, 3.63) is 30.7 Å². The monoisotopic (exact) mass is 240 g/mol. The standard InChI is InChI=1S/C12H8N4S/c13-11-7-3-1-2-6(7)9-10-8(4-14-5-15-10)17-12(9)16-11/h1-5,16H,13H2. The van der Waals surface area contributed by atoms with Crippen LogP contribution in [0, 0.1) is 0 Å². The van der Waals surface area contributed by atoms with Crippen LogP contribution in [0.15, 0.2) is 30.7 Å². The maximum absolute atomic E-state index is 6.00. The second kappa shape index (κ2) is 2.95. The molecule has 1 aliphatic carbocycles. The quantitative estimate of drug-likeness (QED) is 0.496. The van der Waals surface area contributed by atoms with Gasteiger partial charge in [0.05, 0.1) is 10.2 Å². The Kier molecular flexibility index (Phi) is 1.55. The molecule has 0 bridgehead atoms. The summed E-state index contributed by atoms with van der Waals surface area (Å²) in [6, 6.07) is 6.11. The number of nitrogens with two attached hydrogens (primary N) is 1. The van der Waals surface area contributed by atoms with E-state index in [1.54, 1.807) is 17.7 Å². The van der Waals surface area contributed by atoms with Gasteiger partial charge in [-0.1, -0.05) is 18.2 Å². The summed E-state index contributed by atoms with van der Waals surface area (Å²) in [5.41, 5.74) is 9.20. The fourth-order valence-corrected chi connectivity index (χ4v) is 3.30. The third kappa shape index (κ3) is 1.06. The van der Waals surface area contributed by atoms with Gasteiger partial charge in [0.15, 0.2) is 0 Å². The van der Waals surface area contributed by atoms with Crippen molar-refractivity contribution in [1.82, 2.24) is 15.0 Å². The minimum atomic E-state index is 0.706. The topological polar surface area (TPSA) is 67.6 Å². The van der Waals surface area contributed by atoms with E-state index in [2.05, 4.69) is 21.0 Å². The van der Waals surface area contributed by atoms with E-state index in [-0.39, 0.29) is 0 Å². The lowest BCUT2D eigenvalue weighted by Gasteiger charge is -2.05. The summed E-state index contributed by atoms with van der Waals surface area (Å²) in [7, 11) is 0. The number of rotatable bonds is 0. The van der Waals surface area contributed by atoms with E-state index in [1.807, 2.05) is 18.3 Å². The van der Waals surface area contributed by atoms with E-state index < -0.39 is 0 Å². The Morgan fingerprint density at radius 2 is 2.12 bits per heavy atom. The van der Waals surface area contributed by atoms with Gasteiger partial charge in [0.1, 0.15) is 17.0 Å². The Balaban J connectivity index is 2.35. The lowest BCUT2D eigenvalue weighted by molar-refractivity contribution is 1.23. The summed E-state index contributed by atoms with van der Waals surface area (Å²) in [4.78, 5) is 12.7. The zero-order valence-corrected chi connectivity index (χ0v) is 9.58. The molecule has 0 saturated carbocycles. The van der Waals surface area contributed by atoms with Gasteiger partial charge in [-0.3, -0.25) is 0 Å². The predicted octanol–water partition coefficient (Wildman–Crippen LogP) is 2.86. The summed E-state index contributed by atoms with van der Waals surface area (Å²) < 4.78 is 1.08. The van der Waals surface area contributed by atoms with Gasteiger partial charge in [-0.25, -0.2) is 9.97 Å². The molecule has 5 heteroatoms. The Hall–Kier alpha value is -2.14. The zero-order chi connectivity index (χ0) is 11.4. The van der Waals surface area contributed by atoms with E-state index in [4.69, 9.17) is 5.73 Å². The average Bonchev–Trinajstić information content (AvgIpc) is 2.90. The molecule has 3 N–H and O–H groups in total. The number of fused-ring (bicyclic) bond motifs is 5. The molecule has 0 aromatic carbocycles. The van der Waals surface area contributed by atoms with Crippen molar-refractivity contribution in [1.29, 1.82) is 0 Å². The van der Waals surface area contributed by atoms with Crippen molar-refractivity contribution < 1.29 is 0 Å². The Morgan fingerprint density at radius 1 is 1.24 bits per heavy atom. The maximum atomic E-state index is 6.00. The lowest BCUT2D eigenvalue weighted by atomic mass is 10.1. The molecule has 0 amide bonds. The molecule has 1 aliphatic heterocycles. The molecule has 82 valence electrons. The molecular weight excluding hydrogens is 232 g/mol. The molecule has 17 heavy (non-hydrogen) atoms. The molecule has 2 aromatic heterocycles. The van der Waals surface area contributed by atoms with Crippen LogP contribution in [0.3, 0.4) is 0 Å². The largest absolute Gasteiger partial charge is 0.385 e. The first-order valence-electron chi connectivity index (χ1n) is 5.23. The molecule has 3 heterocycles. The lowest BCUT2D eigenvalue weighted by Crippen LogP contribution is -1.93. The number of aromatic nitrogens is 3. The average molecular weight is 240 g/mol. The minimum absolute atomic E-state index is 0.706. The predicted molar refractivity (Wildman–Crippen MR) is 70.3 cm³/mol. The first-order valence-corrected chi connectivity index (χ1v) is 6.04. The summed E-state index contributed by atoms with van der Waals surface area (Å²) in [5, 5.41) is 1.14. The summed E-state index contributed by atoms with van der Waals surface area (Å²) in [5.74, 6) is 0.706. The third-order valence-corrected chi connectivity index (χ3v) is 4.01. The van der Waals surface area contributed by atoms with Crippen LogP contribution in [0.1, 0.15) is 0 Å². The maximum Gasteiger partial charge on any atom is 0.116 e. The molecular formula is C12H8N4S. The number of nitrogens with one attached hydrogen (secondary N) is 1. The molecule has 0 fully saturated rings. The van der Waals surface area contributed by atoms with Crippen LogP contribution < -0.4 is 5.73 Å². The van der Waals surface area contributed by atoms with E-state index in [1.165, 1.54) is 0 Å². The van der Waals surface area contributed by atoms with Crippen molar-refractivity contribution in [3.63, 3.8) is 0 Å². The molecule has 0 radical (unpaired) electrons. The van der Waals surface area contributed by atoms with Crippen LogP contribution in [0.2, 0.25) is 0 Å². The van der Waals surface area contributed by atoms with E-state index in [0.717, 1.165) is 31.6 Å². The highest BCUT2D eigenvalue weighted by molar-refractivity contribution is 7.25. The van der Waals surface area contributed by atoms with Crippen LogP contribution in [-0.4, -0.2) is 15.0 Å². The van der Waals surface area contributed by atoms with Gasteiger partial charge in [0.25, 0.3) is 0 Å². The summed E-state index contributed by atoms with van der Waals surface area (Å²) in [6.07, 6.45) is 3.42. The van der Waals surface area contributed by atoms with Crippen LogP contribution in [-0.2, 0) is 0 Å². The van der Waals surface area contributed by atoms with Crippen LogP contribution in [0.5, 0.6) is 0 Å². The number of thiophene rings is 1. The van der Waals surface area contributed by atoms with Gasteiger partial charge < -0.3 is 10.7 Å². The van der Waals surface area contributed by atoms with Gasteiger partial charge in [-0.05, 0) is 5.56 Å². The SMILES string of the molecule is Nc1[nH]c2sc3cncnc3c2c2cccc1-2. The number of nitrogens with zero attached hydrogens (tertiary/aromatic N) is 2. The van der Waals surface area contributed by atoms with Crippen LogP contribution in [0.25, 0.3) is 31.6 Å². The number of aromatic amines is 1. The van der Waals surface area contributed by atoms with Gasteiger partial charge in [-0.2, -0.15) is 0 Å². The fraction of sp³-hybridized carbons (Fsp3) is 0.